The largest absolute Gasteiger partial charge is 0.507 e. The fourth-order valence-electron chi connectivity index (χ4n) is 5.10. The van der Waals surface area contributed by atoms with Crippen LogP contribution in [0.5, 0.6) is 11.5 Å². The molecule has 0 spiro atoms. The Bertz CT molecular complexity index is 1940. The molecule has 1 amide bonds. The number of hydrogen-bond donors (Lipinski definition) is 1. The number of amides is 1. The number of anilines is 1. The number of methoxy groups -OCH3 is 1. The highest BCUT2D eigenvalue weighted by molar-refractivity contribution is 8.00. The number of aryl methyl sites for hydroxylation is 1. The molecule has 0 saturated carbocycles. The molecule has 8 nitrogen and oxygen atoms in total. The number of carbonyl (C=O) groups is 2. The van der Waals surface area contributed by atoms with Crippen LogP contribution in [0.15, 0.2) is 107 Å². The quantitative estimate of drug-likeness (QED) is 0.0525. The van der Waals surface area contributed by atoms with Crippen LogP contribution in [0.25, 0.3) is 5.76 Å². The lowest BCUT2D eigenvalue weighted by Crippen LogP contribution is -2.29. The molecule has 0 bridgehead atoms. The highest BCUT2D eigenvalue weighted by Crippen LogP contribution is 2.44. The highest BCUT2D eigenvalue weighted by atomic mass is 35.5. The molecule has 6 rings (SSSR count). The minimum Gasteiger partial charge on any atom is -0.507 e. The number of rotatable bonds is 10. The Balaban J connectivity index is 1.31. The van der Waals surface area contributed by atoms with Gasteiger partial charge < -0.3 is 14.6 Å². The number of Topliss-reactive ketones (excluding diaryl/α,β-unsaturated/α-hetero) is 1. The third-order valence-electron chi connectivity index (χ3n) is 7.38. The van der Waals surface area contributed by atoms with Gasteiger partial charge in [0.25, 0.3) is 5.78 Å². The summed E-state index contributed by atoms with van der Waals surface area (Å²) in [5, 5.41) is 21.0. The molecule has 1 atom stereocenters. The molecule has 232 valence electrons. The fraction of sp³-hybridized carbons (Fsp3) is 0.143. The summed E-state index contributed by atoms with van der Waals surface area (Å²) < 4.78 is 12.0. The van der Waals surface area contributed by atoms with Gasteiger partial charge in [-0.1, -0.05) is 94.9 Å². The van der Waals surface area contributed by atoms with E-state index in [2.05, 4.69) is 16.3 Å². The van der Waals surface area contributed by atoms with Gasteiger partial charge in [0.1, 0.15) is 23.9 Å². The Morgan fingerprint density at radius 1 is 0.957 bits per heavy atom. The molecule has 0 aliphatic carbocycles. The van der Waals surface area contributed by atoms with E-state index in [1.54, 1.807) is 48.5 Å². The van der Waals surface area contributed by atoms with Crippen molar-refractivity contribution in [3.63, 3.8) is 0 Å². The molecule has 1 fully saturated rings. The van der Waals surface area contributed by atoms with Gasteiger partial charge in [-0.3, -0.25) is 14.5 Å². The molecule has 1 N–H and O–H groups in total. The third-order valence-corrected chi connectivity index (χ3v) is 9.85. The minimum absolute atomic E-state index is 0.0628. The minimum atomic E-state index is -0.971. The van der Waals surface area contributed by atoms with Crippen LogP contribution < -0.4 is 14.4 Å². The molecule has 46 heavy (non-hydrogen) atoms. The maximum Gasteiger partial charge on any atom is 0.301 e. The summed E-state index contributed by atoms with van der Waals surface area (Å²) in [5.41, 5.74) is 3.98. The highest BCUT2D eigenvalue weighted by Gasteiger charge is 2.48. The molecule has 11 heteroatoms. The van der Waals surface area contributed by atoms with Crippen LogP contribution in [0.2, 0.25) is 5.02 Å². The first kappa shape index (κ1) is 31.3. The molecule has 1 aliphatic rings. The zero-order chi connectivity index (χ0) is 32.2. The predicted octanol–water partition coefficient (Wildman–Crippen LogP) is 8.01. The van der Waals surface area contributed by atoms with Crippen LogP contribution in [0.3, 0.4) is 0 Å². The number of thioether (sulfide) groups is 1. The standard InChI is InChI=1S/C35H28ClN3O5S2/c1-21-7-5-8-22(17-21)19-44-26-15-13-23(14-16-26)31(40)29-30(24-10-6-11-27(18-24)43-2)39(33(42)32(29)41)34-37-38-35(46-34)45-20-25-9-3-4-12-28(25)36/h3-18,30,40H,19-20H2,1-2H3/b31-29+. The molecular weight excluding hydrogens is 642 g/mol. The van der Waals surface area contributed by atoms with Gasteiger partial charge in [0.05, 0.1) is 18.7 Å². The van der Waals surface area contributed by atoms with Crippen LogP contribution in [-0.2, 0) is 21.9 Å². The van der Waals surface area contributed by atoms with E-state index in [1.807, 2.05) is 49.4 Å². The maximum absolute atomic E-state index is 13.6. The van der Waals surface area contributed by atoms with Crippen molar-refractivity contribution in [2.24, 2.45) is 0 Å². The number of aliphatic hydroxyl groups is 1. The first-order valence-electron chi connectivity index (χ1n) is 14.3. The summed E-state index contributed by atoms with van der Waals surface area (Å²) in [6.45, 7) is 2.41. The van der Waals surface area contributed by atoms with Gasteiger partial charge in [-0.15, -0.1) is 10.2 Å². The predicted molar refractivity (Wildman–Crippen MR) is 181 cm³/mol. The lowest BCUT2D eigenvalue weighted by molar-refractivity contribution is -0.132. The van der Waals surface area contributed by atoms with Crippen molar-refractivity contribution in [3.05, 3.63) is 135 Å². The summed E-state index contributed by atoms with van der Waals surface area (Å²) >= 11 is 8.92. The first-order valence-corrected chi connectivity index (χ1v) is 16.4. The lowest BCUT2D eigenvalue weighted by Gasteiger charge is -2.23. The maximum atomic E-state index is 13.6. The van der Waals surface area contributed by atoms with Crippen molar-refractivity contribution < 1.29 is 24.2 Å². The zero-order valence-electron chi connectivity index (χ0n) is 24.8. The van der Waals surface area contributed by atoms with Crippen LogP contribution in [0.4, 0.5) is 5.13 Å². The second-order valence-corrected chi connectivity index (χ2v) is 13.1. The van der Waals surface area contributed by atoms with E-state index in [1.165, 1.54) is 35.1 Å². The first-order chi connectivity index (χ1) is 22.3. The van der Waals surface area contributed by atoms with E-state index >= 15 is 0 Å². The van der Waals surface area contributed by atoms with Gasteiger partial charge in [0, 0.05) is 16.3 Å². The molecule has 1 aromatic heterocycles. The van der Waals surface area contributed by atoms with Crippen LogP contribution in [0, 0.1) is 6.92 Å². The van der Waals surface area contributed by atoms with Gasteiger partial charge >= 0.3 is 5.91 Å². The number of hydrogen-bond acceptors (Lipinski definition) is 9. The molecule has 4 aromatic carbocycles. The Kier molecular flexibility index (Phi) is 9.39. The number of benzene rings is 4. The smallest absolute Gasteiger partial charge is 0.301 e. The summed E-state index contributed by atoms with van der Waals surface area (Å²) in [6.07, 6.45) is 0. The van der Waals surface area contributed by atoms with E-state index in [0.29, 0.717) is 44.3 Å². The van der Waals surface area contributed by atoms with E-state index < -0.39 is 17.7 Å². The second kappa shape index (κ2) is 13.8. The Morgan fingerprint density at radius 3 is 2.50 bits per heavy atom. The molecule has 1 aliphatic heterocycles. The number of ether oxygens (including phenoxy) is 2. The van der Waals surface area contributed by atoms with Crippen molar-refractivity contribution in [1.29, 1.82) is 0 Å². The average molecular weight is 670 g/mol. The van der Waals surface area contributed by atoms with Crippen molar-refractivity contribution in [2.75, 3.05) is 12.0 Å². The van der Waals surface area contributed by atoms with Gasteiger partial charge in [-0.2, -0.15) is 0 Å². The summed E-state index contributed by atoms with van der Waals surface area (Å²) in [6, 6.07) is 28.4. The molecule has 1 unspecified atom stereocenters. The monoisotopic (exact) mass is 669 g/mol. The van der Waals surface area contributed by atoms with Crippen molar-refractivity contribution in [1.82, 2.24) is 10.2 Å². The summed E-state index contributed by atoms with van der Waals surface area (Å²) in [7, 11) is 1.53. The number of carbonyl (C=O) groups excluding carboxylic acids is 2. The topological polar surface area (TPSA) is 102 Å². The normalized spacial score (nSPS) is 15.7. The van der Waals surface area contributed by atoms with Crippen molar-refractivity contribution >= 4 is 57.3 Å². The fourth-order valence-corrected chi connectivity index (χ4v) is 7.26. The zero-order valence-corrected chi connectivity index (χ0v) is 27.2. The van der Waals surface area contributed by atoms with Crippen LogP contribution >= 0.6 is 34.7 Å². The van der Waals surface area contributed by atoms with Gasteiger partial charge in [0.2, 0.25) is 5.13 Å². The number of aliphatic hydroxyl groups excluding tert-OH is 1. The van der Waals surface area contributed by atoms with Crippen LogP contribution in [0.1, 0.15) is 33.9 Å². The van der Waals surface area contributed by atoms with Gasteiger partial charge in [-0.25, -0.2) is 0 Å². The Labute approximate surface area is 279 Å². The number of ketones is 1. The van der Waals surface area contributed by atoms with E-state index in [0.717, 1.165) is 16.7 Å². The number of aromatic nitrogens is 2. The Morgan fingerprint density at radius 2 is 1.74 bits per heavy atom. The molecule has 0 radical (unpaired) electrons. The molecule has 2 heterocycles. The Hall–Kier alpha value is -4.64. The summed E-state index contributed by atoms with van der Waals surface area (Å²) in [4.78, 5) is 28.5. The van der Waals surface area contributed by atoms with Gasteiger partial charge in [-0.05, 0) is 66.1 Å². The average Bonchev–Trinajstić information content (AvgIpc) is 3.65. The second-order valence-electron chi connectivity index (χ2n) is 10.5. The lowest BCUT2D eigenvalue weighted by atomic mass is 9.95. The van der Waals surface area contributed by atoms with Crippen LogP contribution in [-0.4, -0.2) is 34.1 Å². The molecule has 5 aromatic rings. The van der Waals surface area contributed by atoms with Crippen molar-refractivity contribution in [3.8, 4) is 11.5 Å². The van der Waals surface area contributed by atoms with E-state index in [4.69, 9.17) is 21.1 Å². The van der Waals surface area contributed by atoms with E-state index in [9.17, 15) is 14.7 Å². The van der Waals surface area contributed by atoms with Gasteiger partial charge in [0.15, 0.2) is 4.34 Å². The molecule has 1 saturated heterocycles. The summed E-state index contributed by atoms with van der Waals surface area (Å²) in [5.74, 6) is -0.268. The number of halogens is 1. The third kappa shape index (κ3) is 6.64. The van der Waals surface area contributed by atoms with E-state index in [-0.39, 0.29) is 16.5 Å². The van der Waals surface area contributed by atoms with Crippen molar-refractivity contribution in [2.45, 2.75) is 29.7 Å². The SMILES string of the molecule is COc1cccc(C2/C(=C(\O)c3ccc(OCc4cccc(C)c4)cc3)C(=O)C(=O)N2c2nnc(SCc3ccccc3Cl)s2)c1. The number of nitrogens with zero attached hydrogens (tertiary/aromatic N) is 3. The molecular formula is C35H28ClN3O5S2.